The minimum absolute atomic E-state index is 0.295. The molecule has 0 bridgehead atoms. The van der Waals surface area contributed by atoms with Crippen molar-refractivity contribution in [3.8, 4) is 11.6 Å². The summed E-state index contributed by atoms with van der Waals surface area (Å²) >= 11 is 0. The summed E-state index contributed by atoms with van der Waals surface area (Å²) in [5, 5.41) is 8.17. The van der Waals surface area contributed by atoms with Gasteiger partial charge in [0.25, 0.3) is 0 Å². The molecule has 106 valence electrons. The zero-order chi connectivity index (χ0) is 14.8. The second-order valence-corrected chi connectivity index (χ2v) is 4.62. The van der Waals surface area contributed by atoms with Gasteiger partial charge in [0, 0.05) is 0 Å². The summed E-state index contributed by atoms with van der Waals surface area (Å²) in [5.41, 5.74) is 8.26. The van der Waals surface area contributed by atoms with Gasteiger partial charge in [0.15, 0.2) is 5.82 Å². The van der Waals surface area contributed by atoms with Crippen molar-refractivity contribution in [3.05, 3.63) is 54.2 Å². The van der Waals surface area contributed by atoms with E-state index in [0.29, 0.717) is 29.7 Å². The van der Waals surface area contributed by atoms with Crippen molar-refractivity contribution in [1.29, 1.82) is 0 Å². The normalized spacial score (nSPS) is 10.7. The second-order valence-electron chi connectivity index (χ2n) is 4.62. The quantitative estimate of drug-likeness (QED) is 0.781. The van der Waals surface area contributed by atoms with E-state index in [9.17, 15) is 0 Å². The van der Waals surface area contributed by atoms with Crippen molar-refractivity contribution in [1.82, 2.24) is 24.9 Å². The molecule has 3 rings (SSSR count). The number of aryl methyl sites for hydroxylation is 1. The van der Waals surface area contributed by atoms with Crippen LogP contribution in [0.5, 0.6) is 0 Å². The van der Waals surface area contributed by atoms with Gasteiger partial charge in [0.1, 0.15) is 0 Å². The number of aromatic nitrogens is 5. The van der Waals surface area contributed by atoms with Crippen molar-refractivity contribution in [2.24, 2.45) is 5.73 Å². The van der Waals surface area contributed by atoms with Gasteiger partial charge in [-0.05, 0) is 18.1 Å². The Morgan fingerprint density at radius 1 is 1.38 bits per heavy atom. The maximum absolute atomic E-state index is 5.68. The molecule has 1 aromatic carbocycles. The van der Waals surface area contributed by atoms with Crippen LogP contribution in [0.1, 0.15) is 17.0 Å². The van der Waals surface area contributed by atoms with E-state index in [1.165, 1.54) is 12.0 Å². The molecule has 0 aliphatic rings. The summed E-state index contributed by atoms with van der Waals surface area (Å²) in [7, 11) is 0. The molecular weight excluding hydrogens is 268 g/mol. The van der Waals surface area contributed by atoms with Crippen LogP contribution in [0.25, 0.3) is 17.3 Å². The third-order valence-corrected chi connectivity index (χ3v) is 3.10. The molecule has 0 aliphatic carbocycles. The van der Waals surface area contributed by atoms with Crippen LogP contribution in [-0.4, -0.2) is 24.9 Å². The Morgan fingerprint density at radius 3 is 2.86 bits per heavy atom. The summed E-state index contributed by atoms with van der Waals surface area (Å²) in [6.07, 6.45) is 1.25. The molecule has 0 aliphatic heterocycles. The Morgan fingerprint density at radius 2 is 2.19 bits per heavy atom. The molecule has 7 heteroatoms. The number of rotatable bonds is 4. The summed E-state index contributed by atoms with van der Waals surface area (Å²) < 4.78 is 6.47. The van der Waals surface area contributed by atoms with Crippen molar-refractivity contribution >= 4 is 5.70 Å². The van der Waals surface area contributed by atoms with E-state index in [1.807, 2.05) is 31.2 Å². The molecule has 0 radical (unpaired) electrons. The highest BCUT2D eigenvalue weighted by molar-refractivity contribution is 5.55. The van der Waals surface area contributed by atoms with Crippen LogP contribution < -0.4 is 5.73 Å². The number of benzene rings is 1. The van der Waals surface area contributed by atoms with Crippen LogP contribution >= 0.6 is 0 Å². The van der Waals surface area contributed by atoms with E-state index >= 15 is 0 Å². The Hall–Kier alpha value is -2.96. The van der Waals surface area contributed by atoms with Crippen LogP contribution in [0, 0.1) is 6.92 Å². The molecule has 0 saturated carbocycles. The molecule has 0 unspecified atom stereocenters. The number of hydrogen-bond acceptors (Lipinski definition) is 6. The molecule has 0 fully saturated rings. The molecule has 7 nitrogen and oxygen atoms in total. The topological polar surface area (TPSA) is 95.6 Å². The molecule has 2 aromatic heterocycles. The number of hydrogen-bond donors (Lipinski definition) is 1. The lowest BCUT2D eigenvalue weighted by atomic mass is 10.1. The van der Waals surface area contributed by atoms with Crippen LogP contribution in [0.4, 0.5) is 0 Å². The average Bonchev–Trinajstić information content (AvgIpc) is 3.10. The van der Waals surface area contributed by atoms with Crippen LogP contribution in [0.15, 0.2) is 41.8 Å². The summed E-state index contributed by atoms with van der Waals surface area (Å²) in [6, 6.07) is 8.06. The fourth-order valence-corrected chi connectivity index (χ4v) is 1.97. The van der Waals surface area contributed by atoms with Gasteiger partial charge in [-0.1, -0.05) is 36.0 Å². The number of nitrogens with zero attached hydrogens (tertiary/aromatic N) is 5. The van der Waals surface area contributed by atoms with E-state index in [2.05, 4.69) is 26.8 Å². The Labute approximate surface area is 121 Å². The molecule has 2 N–H and O–H groups in total. The lowest BCUT2D eigenvalue weighted by Crippen LogP contribution is -2.06. The van der Waals surface area contributed by atoms with Crippen LogP contribution in [0.2, 0.25) is 0 Å². The summed E-state index contributed by atoms with van der Waals surface area (Å²) in [4.78, 5) is 8.33. The van der Waals surface area contributed by atoms with Crippen molar-refractivity contribution in [2.75, 3.05) is 0 Å². The zero-order valence-corrected chi connectivity index (χ0v) is 11.5. The SMILES string of the molecule is C=C(N)c1nc(-c2ncon2)n(Cc2ccccc2C)n1. The maximum atomic E-state index is 5.68. The Balaban J connectivity index is 2.05. The van der Waals surface area contributed by atoms with Gasteiger partial charge in [-0.2, -0.15) is 4.98 Å². The van der Waals surface area contributed by atoms with Gasteiger partial charge < -0.3 is 10.3 Å². The van der Waals surface area contributed by atoms with Gasteiger partial charge >= 0.3 is 0 Å². The first kappa shape index (κ1) is 13.0. The first-order valence-electron chi connectivity index (χ1n) is 6.36. The second kappa shape index (κ2) is 5.20. The molecular formula is C14H14N6O. The van der Waals surface area contributed by atoms with E-state index in [4.69, 9.17) is 10.3 Å². The molecule has 2 heterocycles. The molecule has 3 aromatic rings. The summed E-state index contributed by atoms with van der Waals surface area (Å²) in [6.45, 7) is 6.24. The smallest absolute Gasteiger partial charge is 0.239 e. The monoisotopic (exact) mass is 282 g/mol. The first-order valence-corrected chi connectivity index (χ1v) is 6.36. The van der Waals surface area contributed by atoms with E-state index < -0.39 is 0 Å². The number of nitrogens with two attached hydrogens (primary N) is 1. The maximum Gasteiger partial charge on any atom is 0.239 e. The third-order valence-electron chi connectivity index (χ3n) is 3.10. The van der Waals surface area contributed by atoms with Crippen LogP contribution in [-0.2, 0) is 6.54 Å². The van der Waals surface area contributed by atoms with Crippen molar-refractivity contribution in [2.45, 2.75) is 13.5 Å². The standard InChI is InChI=1S/C14H14N6O/c1-9-5-3-4-6-11(9)7-20-14(13-16-8-21-19-13)17-12(18-20)10(2)15/h3-6,8H,2,7,15H2,1H3. The first-order chi connectivity index (χ1) is 10.1. The predicted molar refractivity (Wildman–Crippen MR) is 76.8 cm³/mol. The molecule has 0 atom stereocenters. The Kier molecular flexibility index (Phi) is 3.23. The van der Waals surface area contributed by atoms with Crippen LogP contribution in [0.3, 0.4) is 0 Å². The highest BCUT2D eigenvalue weighted by atomic mass is 16.5. The minimum atomic E-state index is 0.295. The predicted octanol–water partition coefficient (Wildman–Crippen LogP) is 1.61. The minimum Gasteiger partial charge on any atom is -0.396 e. The van der Waals surface area contributed by atoms with Gasteiger partial charge in [-0.15, -0.1) is 5.10 Å². The van der Waals surface area contributed by atoms with Gasteiger partial charge in [0.05, 0.1) is 12.2 Å². The van der Waals surface area contributed by atoms with Gasteiger partial charge in [0.2, 0.25) is 18.0 Å². The highest BCUT2D eigenvalue weighted by Gasteiger charge is 2.17. The third kappa shape index (κ3) is 2.53. The Bertz CT molecular complexity index is 775. The van der Waals surface area contributed by atoms with E-state index in [-0.39, 0.29) is 0 Å². The van der Waals surface area contributed by atoms with E-state index in [0.717, 1.165) is 5.56 Å². The molecule has 0 spiro atoms. The van der Waals surface area contributed by atoms with Crippen molar-refractivity contribution in [3.63, 3.8) is 0 Å². The zero-order valence-electron chi connectivity index (χ0n) is 11.5. The molecule has 0 saturated heterocycles. The largest absolute Gasteiger partial charge is 0.396 e. The highest BCUT2D eigenvalue weighted by Crippen LogP contribution is 2.17. The summed E-state index contributed by atoms with van der Waals surface area (Å²) in [5.74, 6) is 1.22. The van der Waals surface area contributed by atoms with Gasteiger partial charge in [-0.3, -0.25) is 0 Å². The fourth-order valence-electron chi connectivity index (χ4n) is 1.97. The van der Waals surface area contributed by atoms with E-state index in [1.54, 1.807) is 4.68 Å². The molecule has 0 amide bonds. The average molecular weight is 282 g/mol. The lowest BCUT2D eigenvalue weighted by molar-refractivity contribution is 0.418. The van der Waals surface area contributed by atoms with Gasteiger partial charge in [-0.25, -0.2) is 9.67 Å². The molecule has 21 heavy (non-hydrogen) atoms. The van der Waals surface area contributed by atoms with Crippen molar-refractivity contribution < 1.29 is 4.52 Å². The lowest BCUT2D eigenvalue weighted by Gasteiger charge is -2.06. The fraction of sp³-hybridized carbons (Fsp3) is 0.143.